The zero-order chi connectivity index (χ0) is 12.5. The highest BCUT2D eigenvalue weighted by atomic mass is 16.3. The van der Waals surface area contributed by atoms with Gasteiger partial charge in [-0.15, -0.1) is 0 Å². The number of hydrogen-bond donors (Lipinski definition) is 2. The maximum absolute atomic E-state index is 9.68. The van der Waals surface area contributed by atoms with Crippen LogP contribution in [0.1, 0.15) is 12.8 Å². The van der Waals surface area contributed by atoms with E-state index in [0.29, 0.717) is 12.2 Å². The van der Waals surface area contributed by atoms with Crippen LogP contribution in [0.5, 0.6) is 0 Å². The maximum Gasteiger partial charge on any atom is 0.147 e. The van der Waals surface area contributed by atoms with Crippen molar-refractivity contribution in [2.45, 2.75) is 18.9 Å². The van der Waals surface area contributed by atoms with Gasteiger partial charge in [0.1, 0.15) is 5.82 Å². The smallest absolute Gasteiger partial charge is 0.147 e. The lowest BCUT2D eigenvalue weighted by molar-refractivity contribution is 0.154. The third kappa shape index (κ3) is 2.09. The number of β-amino-alcohol motifs (C(OH)–C–C–N with tert-alkyl or cyclic N) is 1. The van der Waals surface area contributed by atoms with Crippen molar-refractivity contribution in [2.75, 3.05) is 23.7 Å². The number of fused-ring (bicyclic) bond motifs is 1. The predicted octanol–water partition coefficient (Wildman–Crippen LogP) is 1.17. The number of aliphatic hydroxyl groups excluding tert-OH is 1. The summed E-state index contributed by atoms with van der Waals surface area (Å²) in [6.45, 7) is 1.56. The van der Waals surface area contributed by atoms with E-state index in [-0.39, 0.29) is 6.10 Å². The van der Waals surface area contributed by atoms with Gasteiger partial charge in [0.05, 0.1) is 23.3 Å². The fourth-order valence-electron chi connectivity index (χ4n) is 2.33. The van der Waals surface area contributed by atoms with Crippen LogP contribution in [-0.2, 0) is 0 Å². The lowest BCUT2D eigenvalue weighted by Crippen LogP contribution is -2.38. The Balaban J connectivity index is 1.95. The van der Waals surface area contributed by atoms with Gasteiger partial charge in [0.2, 0.25) is 0 Å². The van der Waals surface area contributed by atoms with Gasteiger partial charge in [0.25, 0.3) is 0 Å². The summed E-state index contributed by atoms with van der Waals surface area (Å²) in [5, 5.41) is 9.68. The van der Waals surface area contributed by atoms with Gasteiger partial charge in [-0.3, -0.25) is 4.98 Å². The van der Waals surface area contributed by atoms with E-state index >= 15 is 0 Å². The summed E-state index contributed by atoms with van der Waals surface area (Å²) in [5.41, 5.74) is 8.04. The number of aliphatic hydroxyl groups is 1. The number of benzene rings is 1. The Morgan fingerprint density at radius 2 is 2.22 bits per heavy atom. The minimum atomic E-state index is -0.261. The molecule has 3 N–H and O–H groups in total. The Morgan fingerprint density at radius 1 is 1.33 bits per heavy atom. The number of nitrogens with two attached hydrogens (primary N) is 1. The van der Waals surface area contributed by atoms with Gasteiger partial charge in [-0.05, 0) is 31.0 Å². The molecule has 0 aliphatic carbocycles. The van der Waals surface area contributed by atoms with Crippen LogP contribution >= 0.6 is 0 Å². The summed E-state index contributed by atoms with van der Waals surface area (Å²) >= 11 is 0. The van der Waals surface area contributed by atoms with Gasteiger partial charge < -0.3 is 15.7 Å². The maximum atomic E-state index is 9.68. The number of piperidine rings is 1. The van der Waals surface area contributed by atoms with Crippen LogP contribution in [0.15, 0.2) is 24.4 Å². The first-order valence-corrected chi connectivity index (χ1v) is 6.18. The Hall–Kier alpha value is -1.88. The zero-order valence-electron chi connectivity index (χ0n) is 10.1. The predicted molar refractivity (Wildman–Crippen MR) is 71.4 cm³/mol. The third-order valence-electron chi connectivity index (χ3n) is 3.27. The van der Waals surface area contributed by atoms with Gasteiger partial charge >= 0.3 is 0 Å². The summed E-state index contributed by atoms with van der Waals surface area (Å²) < 4.78 is 0. The lowest BCUT2D eigenvalue weighted by Gasteiger charge is -2.30. The number of anilines is 2. The highest BCUT2D eigenvalue weighted by Crippen LogP contribution is 2.20. The van der Waals surface area contributed by atoms with Gasteiger partial charge in [0, 0.05) is 18.8 Å². The first kappa shape index (κ1) is 11.2. The van der Waals surface area contributed by atoms with Crippen molar-refractivity contribution in [2.24, 2.45) is 0 Å². The minimum Gasteiger partial charge on any atom is -0.399 e. The Bertz CT molecular complexity index is 572. The van der Waals surface area contributed by atoms with Crippen molar-refractivity contribution in [3.63, 3.8) is 0 Å². The molecule has 0 saturated carbocycles. The molecule has 0 unspecified atom stereocenters. The van der Waals surface area contributed by atoms with E-state index in [9.17, 15) is 5.11 Å². The molecule has 2 aromatic rings. The summed E-state index contributed by atoms with van der Waals surface area (Å²) in [6, 6.07) is 5.52. The van der Waals surface area contributed by atoms with Crippen LogP contribution in [0.2, 0.25) is 0 Å². The van der Waals surface area contributed by atoms with Gasteiger partial charge in [0.15, 0.2) is 0 Å². The number of hydrogen-bond acceptors (Lipinski definition) is 5. The molecule has 1 saturated heterocycles. The van der Waals surface area contributed by atoms with Crippen LogP contribution < -0.4 is 10.6 Å². The molecular weight excluding hydrogens is 228 g/mol. The van der Waals surface area contributed by atoms with Gasteiger partial charge in [-0.2, -0.15) is 0 Å². The molecule has 1 aromatic heterocycles. The van der Waals surface area contributed by atoms with E-state index in [1.165, 1.54) is 0 Å². The van der Waals surface area contributed by atoms with Crippen LogP contribution in [0, 0.1) is 0 Å². The average Bonchev–Trinajstić information content (AvgIpc) is 2.38. The van der Waals surface area contributed by atoms with E-state index in [1.54, 1.807) is 6.20 Å². The molecule has 94 valence electrons. The van der Waals surface area contributed by atoms with Crippen LogP contribution in [0.3, 0.4) is 0 Å². The molecule has 3 rings (SSSR count). The molecule has 0 bridgehead atoms. The van der Waals surface area contributed by atoms with Crippen LogP contribution in [0.25, 0.3) is 11.0 Å². The van der Waals surface area contributed by atoms with Crippen LogP contribution in [0.4, 0.5) is 11.5 Å². The number of nitrogens with zero attached hydrogens (tertiary/aromatic N) is 3. The van der Waals surface area contributed by atoms with E-state index < -0.39 is 0 Å². The monoisotopic (exact) mass is 244 g/mol. The van der Waals surface area contributed by atoms with E-state index in [4.69, 9.17) is 5.73 Å². The molecular formula is C13H16N4O. The Kier molecular flexibility index (Phi) is 2.76. The standard InChI is InChI=1S/C13H16N4O/c14-9-3-4-11-12(6-9)15-7-13(16-11)17-5-1-2-10(18)8-17/h3-4,6-7,10,18H,1-2,5,8,14H2/t10-/m1/s1. The summed E-state index contributed by atoms with van der Waals surface area (Å²) in [7, 11) is 0. The summed E-state index contributed by atoms with van der Waals surface area (Å²) in [4.78, 5) is 11.0. The fourth-order valence-corrected chi connectivity index (χ4v) is 2.33. The molecule has 1 aliphatic rings. The molecule has 5 nitrogen and oxygen atoms in total. The van der Waals surface area contributed by atoms with Crippen molar-refractivity contribution in [3.8, 4) is 0 Å². The van der Waals surface area contributed by atoms with Crippen molar-refractivity contribution >= 4 is 22.5 Å². The molecule has 1 aliphatic heterocycles. The summed E-state index contributed by atoms with van der Waals surface area (Å²) in [5.74, 6) is 0.825. The SMILES string of the molecule is Nc1ccc2nc(N3CCC[C@@H](O)C3)cnc2c1. The number of rotatable bonds is 1. The second-order valence-corrected chi connectivity index (χ2v) is 4.72. The molecule has 1 atom stereocenters. The first-order valence-electron chi connectivity index (χ1n) is 6.18. The summed E-state index contributed by atoms with van der Waals surface area (Å²) in [6.07, 6.45) is 3.35. The minimum absolute atomic E-state index is 0.261. The Labute approximate surface area is 105 Å². The first-order chi connectivity index (χ1) is 8.72. The second kappa shape index (κ2) is 4.42. The van der Waals surface area contributed by atoms with Crippen molar-refractivity contribution in [1.29, 1.82) is 0 Å². The molecule has 18 heavy (non-hydrogen) atoms. The van der Waals surface area contributed by atoms with Crippen molar-refractivity contribution in [1.82, 2.24) is 9.97 Å². The molecule has 1 fully saturated rings. The molecule has 0 amide bonds. The highest BCUT2D eigenvalue weighted by Gasteiger charge is 2.19. The van der Waals surface area contributed by atoms with Gasteiger partial charge in [-0.25, -0.2) is 4.98 Å². The second-order valence-electron chi connectivity index (χ2n) is 4.72. The van der Waals surface area contributed by atoms with Crippen molar-refractivity contribution < 1.29 is 5.11 Å². The normalized spacial score (nSPS) is 20.3. The largest absolute Gasteiger partial charge is 0.399 e. The highest BCUT2D eigenvalue weighted by molar-refractivity contribution is 5.79. The van der Waals surface area contributed by atoms with Gasteiger partial charge in [-0.1, -0.05) is 0 Å². The fraction of sp³-hybridized carbons (Fsp3) is 0.385. The number of nitrogen functional groups attached to an aromatic ring is 1. The molecule has 0 spiro atoms. The Morgan fingerprint density at radius 3 is 3.06 bits per heavy atom. The number of aromatic nitrogens is 2. The average molecular weight is 244 g/mol. The third-order valence-corrected chi connectivity index (χ3v) is 3.27. The van der Waals surface area contributed by atoms with Crippen LogP contribution in [-0.4, -0.2) is 34.3 Å². The van der Waals surface area contributed by atoms with E-state index in [0.717, 1.165) is 36.2 Å². The van der Waals surface area contributed by atoms with Crippen molar-refractivity contribution in [3.05, 3.63) is 24.4 Å². The molecule has 1 aromatic carbocycles. The topological polar surface area (TPSA) is 75.3 Å². The zero-order valence-corrected chi connectivity index (χ0v) is 10.1. The van der Waals surface area contributed by atoms with E-state index in [2.05, 4.69) is 14.9 Å². The molecule has 0 radical (unpaired) electrons. The quantitative estimate of drug-likeness (QED) is 0.737. The molecule has 2 heterocycles. The van der Waals surface area contributed by atoms with E-state index in [1.807, 2.05) is 18.2 Å². The molecule has 5 heteroatoms. The lowest BCUT2D eigenvalue weighted by atomic mass is 10.1.